The maximum atomic E-state index is 12.7. The van der Waals surface area contributed by atoms with Gasteiger partial charge in [0.2, 0.25) is 5.91 Å². The fraction of sp³-hybridized carbons (Fsp3) is 0.526. The minimum absolute atomic E-state index is 0.159. The minimum atomic E-state index is -3.51. The van der Waals surface area contributed by atoms with Gasteiger partial charge in [0, 0.05) is 44.7 Å². The lowest BCUT2D eigenvalue weighted by Gasteiger charge is -2.36. The summed E-state index contributed by atoms with van der Waals surface area (Å²) >= 11 is 0. The van der Waals surface area contributed by atoms with Crippen molar-refractivity contribution in [3.8, 4) is 0 Å². The summed E-state index contributed by atoms with van der Waals surface area (Å²) in [6, 6.07) is 7.19. The Labute approximate surface area is 170 Å². The van der Waals surface area contributed by atoms with Gasteiger partial charge in [0.25, 0.3) is 15.8 Å². The van der Waals surface area contributed by atoms with E-state index in [1.807, 2.05) is 12.1 Å². The average Bonchev–Trinajstić information content (AvgIpc) is 2.72. The molecule has 0 aliphatic carbocycles. The fourth-order valence-electron chi connectivity index (χ4n) is 3.62. The minimum Gasteiger partial charge on any atom is -0.338 e. The largest absolute Gasteiger partial charge is 0.338 e. The molecule has 29 heavy (non-hydrogen) atoms. The molecule has 10 heteroatoms. The van der Waals surface area contributed by atoms with E-state index in [1.165, 1.54) is 13.3 Å². The molecule has 0 unspecified atom stereocenters. The van der Waals surface area contributed by atoms with Crippen molar-refractivity contribution in [1.82, 2.24) is 23.3 Å². The average molecular weight is 422 g/mol. The van der Waals surface area contributed by atoms with Crippen molar-refractivity contribution in [2.75, 3.05) is 39.3 Å². The highest BCUT2D eigenvalue weighted by molar-refractivity contribution is 7.86. The molecule has 0 radical (unpaired) electrons. The number of hydrogen-bond donors (Lipinski definition) is 0. The third kappa shape index (κ3) is 4.19. The van der Waals surface area contributed by atoms with Gasteiger partial charge in [0.15, 0.2) is 0 Å². The van der Waals surface area contributed by atoms with Crippen LogP contribution in [0, 0.1) is 6.92 Å². The number of fused-ring (bicyclic) bond motifs is 1. The first-order chi connectivity index (χ1) is 13.8. The molecule has 1 saturated heterocycles. The van der Waals surface area contributed by atoms with Crippen molar-refractivity contribution in [3.63, 3.8) is 0 Å². The number of carbonyl (C=O) groups excluding carboxylic acids is 1. The molecule has 2 heterocycles. The van der Waals surface area contributed by atoms with Crippen LogP contribution in [0.25, 0.3) is 10.8 Å². The molecule has 158 valence electrons. The number of rotatable bonds is 6. The summed E-state index contributed by atoms with van der Waals surface area (Å²) in [5.41, 5.74) is 0.380. The van der Waals surface area contributed by atoms with Crippen LogP contribution >= 0.6 is 0 Å². The first-order valence-electron chi connectivity index (χ1n) is 9.79. The van der Waals surface area contributed by atoms with Gasteiger partial charge in [-0.3, -0.25) is 9.59 Å². The Balaban J connectivity index is 1.70. The summed E-state index contributed by atoms with van der Waals surface area (Å²) in [6.07, 6.45) is 0. The van der Waals surface area contributed by atoms with Crippen LogP contribution in [0.3, 0.4) is 0 Å². The first-order valence-corrected chi connectivity index (χ1v) is 11.2. The molecule has 0 N–H and O–H groups in total. The predicted molar refractivity (Wildman–Crippen MR) is 111 cm³/mol. The van der Waals surface area contributed by atoms with Crippen molar-refractivity contribution < 1.29 is 13.2 Å². The van der Waals surface area contributed by atoms with Gasteiger partial charge in [0.1, 0.15) is 6.54 Å². The fourth-order valence-corrected chi connectivity index (χ4v) is 5.23. The van der Waals surface area contributed by atoms with Gasteiger partial charge in [0.05, 0.1) is 11.1 Å². The van der Waals surface area contributed by atoms with Gasteiger partial charge in [-0.05, 0) is 13.0 Å². The Hall–Kier alpha value is -2.30. The number of aryl methyl sites for hydroxylation is 1. The SMILES string of the molecule is CCN(CC)S(=O)(=O)N1CCN(C(=O)Cn2nc(C)c3ccccc3c2=O)CC1. The normalized spacial score (nSPS) is 15.9. The zero-order valence-corrected chi connectivity index (χ0v) is 17.9. The van der Waals surface area contributed by atoms with Crippen molar-refractivity contribution in [2.24, 2.45) is 0 Å². The van der Waals surface area contributed by atoms with Crippen LogP contribution in [0.4, 0.5) is 0 Å². The highest BCUT2D eigenvalue weighted by Gasteiger charge is 2.32. The van der Waals surface area contributed by atoms with Gasteiger partial charge < -0.3 is 4.90 Å². The van der Waals surface area contributed by atoms with E-state index in [0.29, 0.717) is 37.3 Å². The monoisotopic (exact) mass is 421 g/mol. The Morgan fingerprint density at radius 2 is 1.66 bits per heavy atom. The van der Waals surface area contributed by atoms with Gasteiger partial charge in [-0.15, -0.1) is 0 Å². The maximum Gasteiger partial charge on any atom is 0.282 e. The molecule has 0 spiro atoms. The molecule has 0 atom stereocenters. The first kappa shape index (κ1) is 21.4. The number of amides is 1. The van der Waals surface area contributed by atoms with E-state index in [1.54, 1.807) is 37.8 Å². The van der Waals surface area contributed by atoms with Crippen LogP contribution in [-0.4, -0.2) is 76.9 Å². The Morgan fingerprint density at radius 3 is 2.24 bits per heavy atom. The van der Waals surface area contributed by atoms with Gasteiger partial charge in [-0.2, -0.15) is 22.1 Å². The van der Waals surface area contributed by atoms with E-state index >= 15 is 0 Å². The molecule has 1 aromatic heterocycles. The van der Waals surface area contributed by atoms with Gasteiger partial charge in [-0.25, -0.2) is 4.68 Å². The Morgan fingerprint density at radius 1 is 1.07 bits per heavy atom. The van der Waals surface area contributed by atoms with E-state index in [9.17, 15) is 18.0 Å². The van der Waals surface area contributed by atoms with E-state index in [-0.39, 0.29) is 31.1 Å². The zero-order chi connectivity index (χ0) is 21.2. The predicted octanol–water partition coefficient (Wildman–Crippen LogP) is 0.436. The zero-order valence-electron chi connectivity index (χ0n) is 17.0. The van der Waals surface area contributed by atoms with Crippen LogP contribution in [0.2, 0.25) is 0 Å². The molecule has 1 aliphatic rings. The summed E-state index contributed by atoms with van der Waals surface area (Å²) in [5, 5.41) is 5.58. The van der Waals surface area contributed by atoms with Crippen LogP contribution in [0.15, 0.2) is 29.1 Å². The van der Waals surface area contributed by atoms with E-state index in [0.717, 1.165) is 5.39 Å². The van der Waals surface area contributed by atoms with Crippen LogP contribution in [0.1, 0.15) is 19.5 Å². The maximum absolute atomic E-state index is 12.7. The standard InChI is InChI=1S/C19H27N5O4S/c1-4-22(5-2)29(27,28)23-12-10-21(11-13-23)18(25)14-24-19(26)17-9-7-6-8-16(17)15(3)20-24/h6-9H,4-5,10-14H2,1-3H3. The second-order valence-electron chi connectivity index (χ2n) is 6.97. The molecule has 0 bridgehead atoms. The smallest absolute Gasteiger partial charge is 0.282 e. The number of carbonyl (C=O) groups is 1. The van der Waals surface area contributed by atoms with Gasteiger partial charge >= 0.3 is 0 Å². The van der Waals surface area contributed by atoms with Crippen molar-refractivity contribution in [1.29, 1.82) is 0 Å². The summed E-state index contributed by atoms with van der Waals surface area (Å²) in [6.45, 7) is 7.14. The molecule has 1 fully saturated rings. The summed E-state index contributed by atoms with van der Waals surface area (Å²) < 4.78 is 29.2. The molecule has 1 aromatic carbocycles. The highest BCUT2D eigenvalue weighted by atomic mass is 32.2. The quantitative estimate of drug-likeness (QED) is 0.674. The van der Waals surface area contributed by atoms with Gasteiger partial charge in [-0.1, -0.05) is 32.0 Å². The third-order valence-corrected chi connectivity index (χ3v) is 7.47. The molecule has 9 nitrogen and oxygen atoms in total. The second kappa shape index (κ2) is 8.60. The lowest BCUT2D eigenvalue weighted by molar-refractivity contribution is -0.133. The summed E-state index contributed by atoms with van der Waals surface area (Å²) in [4.78, 5) is 27.0. The van der Waals surface area contributed by atoms with Crippen molar-refractivity contribution in [3.05, 3.63) is 40.3 Å². The molecular weight excluding hydrogens is 394 g/mol. The Bertz CT molecular complexity index is 1050. The van der Waals surface area contributed by atoms with E-state index in [2.05, 4.69) is 5.10 Å². The lowest BCUT2D eigenvalue weighted by atomic mass is 10.1. The van der Waals surface area contributed by atoms with Crippen LogP contribution in [-0.2, 0) is 21.5 Å². The second-order valence-corrected chi connectivity index (χ2v) is 8.89. The third-order valence-electron chi connectivity index (χ3n) is 5.29. The van der Waals surface area contributed by atoms with Crippen molar-refractivity contribution in [2.45, 2.75) is 27.3 Å². The molecule has 0 saturated carbocycles. The number of hydrogen-bond acceptors (Lipinski definition) is 5. The Kier molecular flexibility index (Phi) is 6.35. The van der Waals surface area contributed by atoms with E-state index in [4.69, 9.17) is 0 Å². The molecule has 2 aromatic rings. The highest BCUT2D eigenvalue weighted by Crippen LogP contribution is 2.14. The van der Waals surface area contributed by atoms with E-state index < -0.39 is 10.2 Å². The van der Waals surface area contributed by atoms with Crippen molar-refractivity contribution >= 4 is 26.9 Å². The number of benzene rings is 1. The molecule has 1 amide bonds. The lowest BCUT2D eigenvalue weighted by Crippen LogP contribution is -2.54. The topological polar surface area (TPSA) is 95.8 Å². The molecule has 1 aliphatic heterocycles. The van der Waals surface area contributed by atoms with Crippen LogP contribution < -0.4 is 5.56 Å². The number of aromatic nitrogens is 2. The summed E-state index contributed by atoms with van der Waals surface area (Å²) in [5.74, 6) is -0.242. The number of piperazine rings is 1. The molecule has 3 rings (SSSR count). The van der Waals surface area contributed by atoms with Crippen LogP contribution in [0.5, 0.6) is 0 Å². The number of nitrogens with zero attached hydrogens (tertiary/aromatic N) is 5. The summed E-state index contributed by atoms with van der Waals surface area (Å²) in [7, 11) is -3.51. The molecular formula is C19H27N5O4S.